The van der Waals surface area contributed by atoms with Gasteiger partial charge < -0.3 is 29.1 Å². The maximum atomic E-state index is 14.1. The molecule has 0 N–H and O–H groups in total. The molecule has 1 saturated heterocycles. The van der Waals surface area contributed by atoms with Crippen molar-refractivity contribution in [3.63, 3.8) is 0 Å². The van der Waals surface area contributed by atoms with E-state index in [-0.39, 0.29) is 80.8 Å². The van der Waals surface area contributed by atoms with E-state index in [0.717, 1.165) is 29.5 Å². The van der Waals surface area contributed by atoms with Gasteiger partial charge >= 0.3 is 12.6 Å². The highest BCUT2D eigenvalue weighted by Crippen LogP contribution is 2.39. The average Bonchev–Trinajstić information content (AvgIpc) is 3.92. The summed E-state index contributed by atoms with van der Waals surface area (Å²) in [4.78, 5) is 28.0. The molecule has 17 heteroatoms. The number of piperidine rings is 1. The maximum absolute atomic E-state index is 14.1. The van der Waals surface area contributed by atoms with Crippen molar-refractivity contribution < 1.29 is 50.5 Å². The Balaban J connectivity index is 1.50. The number of pyridine rings is 1. The molecule has 1 aromatic heterocycles. The number of ether oxygens (including phenoxy) is 4. The summed E-state index contributed by atoms with van der Waals surface area (Å²) in [5.74, 6) is -1.16. The van der Waals surface area contributed by atoms with Gasteiger partial charge in [-0.3, -0.25) is 9.59 Å². The Morgan fingerprint density at radius 2 is 1.71 bits per heavy atom. The number of methoxy groups -OCH3 is 1. The van der Waals surface area contributed by atoms with Crippen LogP contribution in [0.1, 0.15) is 59.7 Å². The number of benzene rings is 2. The number of alkyl halides is 2. The number of hydrogen-bond acceptors (Lipinski definition) is 9. The first-order valence-corrected chi connectivity index (χ1v) is 18.3. The van der Waals surface area contributed by atoms with Crippen molar-refractivity contribution in [1.29, 1.82) is 0 Å². The molecule has 2 aliphatic rings. The zero-order valence-electron chi connectivity index (χ0n) is 28.0. The number of sulfonamides is 1. The second kappa shape index (κ2) is 16.2. The number of carbonyl (C=O) groups is 2. The van der Waals surface area contributed by atoms with Crippen LogP contribution in [-0.2, 0) is 26.0 Å². The highest BCUT2D eigenvalue weighted by Gasteiger charge is 2.40. The molecule has 0 radical (unpaired) electrons. The molecule has 2 aromatic carbocycles. The van der Waals surface area contributed by atoms with E-state index < -0.39 is 40.7 Å². The lowest BCUT2D eigenvalue weighted by atomic mass is 10.0. The molecule has 3 aromatic rings. The van der Waals surface area contributed by atoms with Gasteiger partial charge in [0, 0.05) is 32.6 Å². The van der Waals surface area contributed by atoms with E-state index in [0.29, 0.717) is 17.6 Å². The molecule has 0 bridgehead atoms. The van der Waals surface area contributed by atoms with Crippen molar-refractivity contribution in [2.24, 2.45) is 5.92 Å². The Bertz CT molecular complexity index is 1860. The molecular weight excluding hydrogens is 735 g/mol. The smallest absolute Gasteiger partial charge is 0.387 e. The molecule has 2 atom stereocenters. The monoisotopic (exact) mass is 771 g/mol. The van der Waals surface area contributed by atoms with E-state index in [9.17, 15) is 32.0 Å². The highest BCUT2D eigenvalue weighted by atomic mass is 35.5. The van der Waals surface area contributed by atoms with Crippen LogP contribution >= 0.6 is 23.2 Å². The summed E-state index contributed by atoms with van der Waals surface area (Å²) in [7, 11) is 0.0444. The summed E-state index contributed by atoms with van der Waals surface area (Å²) in [6.07, 6.45) is 3.75. The Labute approximate surface area is 304 Å². The minimum atomic E-state index is -4.36. The Morgan fingerprint density at radius 1 is 1.02 bits per heavy atom. The standard InChI is InChI=1S/C34H37Cl2F2N3O9S/c1-39(2)32(42)24-15-22(10-12-28(24)47-3)51(45,46)41-13-5-4-6-27(41)33(43)49-30(16-23-25(35)17-40(44)18-26(23)36)21-9-11-29(50-34(37)38)31(14-21)48-19-20-7-8-20/h9-12,14-15,17-18,20,27,30,34H,4-8,13,16,19H2,1-3H3. The van der Waals surface area contributed by atoms with Crippen molar-refractivity contribution in [2.75, 3.05) is 34.4 Å². The lowest BCUT2D eigenvalue weighted by molar-refractivity contribution is -0.605. The van der Waals surface area contributed by atoms with Crippen LogP contribution < -0.4 is 18.9 Å². The van der Waals surface area contributed by atoms with Gasteiger partial charge in [-0.15, -0.1) is 0 Å². The zero-order valence-corrected chi connectivity index (χ0v) is 30.3. The number of halogens is 4. The highest BCUT2D eigenvalue weighted by molar-refractivity contribution is 7.89. The van der Waals surface area contributed by atoms with E-state index in [4.69, 9.17) is 37.4 Å². The van der Waals surface area contributed by atoms with Crippen LogP contribution in [0.15, 0.2) is 53.7 Å². The van der Waals surface area contributed by atoms with Crippen LogP contribution in [0.4, 0.5) is 8.78 Å². The zero-order chi connectivity index (χ0) is 37.0. The molecule has 2 unspecified atom stereocenters. The fourth-order valence-corrected chi connectivity index (χ4v) is 7.97. The Kier molecular flexibility index (Phi) is 12.2. The second-order valence-corrected chi connectivity index (χ2v) is 15.2. The number of aromatic nitrogens is 1. The van der Waals surface area contributed by atoms with Gasteiger partial charge in [-0.1, -0.05) is 29.3 Å². The van der Waals surface area contributed by atoms with Gasteiger partial charge in [0.2, 0.25) is 10.0 Å². The Hall–Kier alpha value is -3.92. The van der Waals surface area contributed by atoms with E-state index in [1.165, 1.54) is 62.5 Å². The summed E-state index contributed by atoms with van der Waals surface area (Å²) < 4.78 is 78.1. The predicted octanol–water partition coefficient (Wildman–Crippen LogP) is 5.80. The summed E-state index contributed by atoms with van der Waals surface area (Å²) in [6, 6.07) is 6.70. The SMILES string of the molecule is COc1ccc(S(=O)(=O)N2CCCCC2C(=O)OC(Cc2c(Cl)c[n+]([O-])cc2Cl)c2ccc(OC(F)F)c(OCC3CC3)c2)cc1C(=O)N(C)C. The molecule has 0 spiro atoms. The van der Waals surface area contributed by atoms with Crippen molar-refractivity contribution in [2.45, 2.75) is 62.2 Å². The maximum Gasteiger partial charge on any atom is 0.387 e. The second-order valence-electron chi connectivity index (χ2n) is 12.5. The Morgan fingerprint density at radius 3 is 2.33 bits per heavy atom. The van der Waals surface area contributed by atoms with Crippen LogP contribution in [0.3, 0.4) is 0 Å². The normalized spacial score (nSPS) is 17.1. The number of rotatable bonds is 14. The molecule has 12 nitrogen and oxygen atoms in total. The van der Waals surface area contributed by atoms with Crippen molar-refractivity contribution >= 4 is 45.1 Å². The summed E-state index contributed by atoms with van der Waals surface area (Å²) in [5.41, 5.74) is 0.560. The minimum Gasteiger partial charge on any atom is -0.619 e. The van der Waals surface area contributed by atoms with Crippen LogP contribution in [0, 0.1) is 11.1 Å². The molecule has 2 heterocycles. The van der Waals surface area contributed by atoms with Gasteiger partial charge in [0.15, 0.2) is 23.9 Å². The first kappa shape index (κ1) is 38.3. The molecule has 51 heavy (non-hydrogen) atoms. The molecule has 276 valence electrons. The molecule has 1 aliphatic carbocycles. The van der Waals surface area contributed by atoms with E-state index in [1.54, 1.807) is 0 Å². The third kappa shape index (κ3) is 9.12. The molecule has 1 saturated carbocycles. The fraction of sp³-hybridized carbons (Fsp3) is 0.441. The number of carbonyl (C=O) groups excluding carboxylic acids is 2. The van der Waals surface area contributed by atoms with Gasteiger partial charge in [-0.2, -0.15) is 17.8 Å². The summed E-state index contributed by atoms with van der Waals surface area (Å²) in [6.45, 7) is -2.88. The van der Waals surface area contributed by atoms with Gasteiger partial charge in [-0.25, -0.2) is 8.42 Å². The van der Waals surface area contributed by atoms with E-state index in [2.05, 4.69) is 4.74 Å². The van der Waals surface area contributed by atoms with Crippen LogP contribution in [-0.4, -0.2) is 76.5 Å². The fourth-order valence-electron chi connectivity index (χ4n) is 5.70. The number of nitrogens with zero attached hydrogens (tertiary/aromatic N) is 3. The van der Waals surface area contributed by atoms with Gasteiger partial charge in [0.05, 0.1) is 24.2 Å². The van der Waals surface area contributed by atoms with Gasteiger partial charge in [-0.05, 0) is 73.9 Å². The lowest BCUT2D eigenvalue weighted by Gasteiger charge is -2.34. The molecule has 2 fully saturated rings. The third-order valence-electron chi connectivity index (χ3n) is 8.57. The van der Waals surface area contributed by atoms with Crippen molar-refractivity contribution in [3.8, 4) is 17.2 Å². The minimum absolute atomic E-state index is 0.00554. The van der Waals surface area contributed by atoms with E-state index >= 15 is 0 Å². The molecule has 5 rings (SSSR count). The number of hydrogen-bond donors (Lipinski definition) is 0. The average molecular weight is 773 g/mol. The number of esters is 1. The summed E-state index contributed by atoms with van der Waals surface area (Å²) >= 11 is 12.8. The quantitative estimate of drug-likeness (QED) is 0.113. The van der Waals surface area contributed by atoms with Crippen LogP contribution in [0.2, 0.25) is 10.0 Å². The van der Waals surface area contributed by atoms with Crippen molar-refractivity contribution in [3.05, 3.63) is 80.7 Å². The van der Waals surface area contributed by atoms with Crippen LogP contribution in [0.25, 0.3) is 0 Å². The molecule has 1 amide bonds. The molecule has 1 aliphatic heterocycles. The third-order valence-corrected chi connectivity index (χ3v) is 11.1. The van der Waals surface area contributed by atoms with Crippen LogP contribution in [0.5, 0.6) is 17.2 Å². The first-order valence-electron chi connectivity index (χ1n) is 16.1. The topological polar surface area (TPSA) is 139 Å². The first-order chi connectivity index (χ1) is 24.2. The predicted molar refractivity (Wildman–Crippen MR) is 182 cm³/mol. The lowest BCUT2D eigenvalue weighted by Crippen LogP contribution is -2.48. The molecular formula is C34H37Cl2F2N3O9S. The van der Waals surface area contributed by atoms with Gasteiger partial charge in [0.1, 0.15) is 27.9 Å². The summed E-state index contributed by atoms with van der Waals surface area (Å²) in [5, 5.41) is 11.9. The number of amides is 1. The van der Waals surface area contributed by atoms with E-state index in [1.807, 2.05) is 0 Å². The van der Waals surface area contributed by atoms with Gasteiger partial charge in [0.25, 0.3) is 5.91 Å². The van der Waals surface area contributed by atoms with Crippen molar-refractivity contribution in [1.82, 2.24) is 9.21 Å². The largest absolute Gasteiger partial charge is 0.619 e.